The smallest absolute Gasteiger partial charge is 0.268 e. The normalized spacial score (nSPS) is 12.0. The van der Waals surface area contributed by atoms with E-state index in [1.165, 1.54) is 12.3 Å². The van der Waals surface area contributed by atoms with Gasteiger partial charge in [0.05, 0.1) is 6.26 Å². The summed E-state index contributed by atoms with van der Waals surface area (Å²) in [7, 11) is 0. The van der Waals surface area contributed by atoms with Gasteiger partial charge in [-0.3, -0.25) is 14.4 Å². The number of amides is 3. The Balaban J connectivity index is 1.71. The van der Waals surface area contributed by atoms with Gasteiger partial charge >= 0.3 is 0 Å². The van der Waals surface area contributed by atoms with E-state index in [1.54, 1.807) is 73.7 Å². The number of furan rings is 1. The average molecular weight is 403 g/mol. The molecule has 0 radical (unpaired) electrons. The van der Waals surface area contributed by atoms with Crippen molar-refractivity contribution in [3.63, 3.8) is 0 Å². The number of hydrogen-bond acceptors (Lipinski definition) is 4. The molecule has 3 amide bonds. The number of anilines is 1. The SMILES string of the molecule is CC(NC(=O)C(=Cc1ccco1)NC(=O)c1ccccc1)C(=O)Nc1ccccc1. The summed E-state index contributed by atoms with van der Waals surface area (Å²) in [6.45, 7) is 1.56. The number of carbonyl (C=O) groups excluding carboxylic acids is 3. The van der Waals surface area contributed by atoms with Gasteiger partial charge in [-0.15, -0.1) is 0 Å². The molecule has 2 aromatic carbocycles. The lowest BCUT2D eigenvalue weighted by atomic mass is 10.2. The van der Waals surface area contributed by atoms with E-state index in [9.17, 15) is 14.4 Å². The summed E-state index contributed by atoms with van der Waals surface area (Å²) in [5.74, 6) is -1.08. The van der Waals surface area contributed by atoms with E-state index in [2.05, 4.69) is 16.0 Å². The maximum Gasteiger partial charge on any atom is 0.268 e. The van der Waals surface area contributed by atoms with Crippen LogP contribution in [-0.4, -0.2) is 23.8 Å². The van der Waals surface area contributed by atoms with Crippen LogP contribution in [-0.2, 0) is 9.59 Å². The summed E-state index contributed by atoms with van der Waals surface area (Å²) >= 11 is 0. The van der Waals surface area contributed by atoms with Gasteiger partial charge in [0.15, 0.2) is 0 Å². The summed E-state index contributed by atoms with van der Waals surface area (Å²) in [5, 5.41) is 7.90. The molecule has 0 aliphatic heterocycles. The zero-order valence-electron chi connectivity index (χ0n) is 16.3. The maximum absolute atomic E-state index is 12.8. The second-order valence-corrected chi connectivity index (χ2v) is 6.44. The predicted molar refractivity (Wildman–Crippen MR) is 113 cm³/mol. The molecule has 152 valence electrons. The van der Waals surface area contributed by atoms with Crippen LogP contribution in [0.15, 0.2) is 89.2 Å². The first-order valence-corrected chi connectivity index (χ1v) is 9.31. The topological polar surface area (TPSA) is 100 Å². The van der Waals surface area contributed by atoms with Crippen molar-refractivity contribution in [3.8, 4) is 0 Å². The fourth-order valence-corrected chi connectivity index (χ4v) is 2.57. The van der Waals surface area contributed by atoms with Gasteiger partial charge in [-0.25, -0.2) is 0 Å². The van der Waals surface area contributed by atoms with Crippen LogP contribution in [0.2, 0.25) is 0 Å². The highest BCUT2D eigenvalue weighted by atomic mass is 16.3. The fraction of sp³-hybridized carbons (Fsp3) is 0.0870. The van der Waals surface area contributed by atoms with E-state index in [1.807, 2.05) is 6.07 Å². The van der Waals surface area contributed by atoms with E-state index < -0.39 is 17.9 Å². The third kappa shape index (κ3) is 5.68. The molecule has 0 saturated carbocycles. The van der Waals surface area contributed by atoms with Gasteiger partial charge in [-0.1, -0.05) is 36.4 Å². The monoisotopic (exact) mass is 403 g/mol. The minimum absolute atomic E-state index is 0.0434. The summed E-state index contributed by atoms with van der Waals surface area (Å²) in [5.41, 5.74) is 0.969. The second kappa shape index (κ2) is 9.88. The van der Waals surface area contributed by atoms with E-state index in [0.29, 0.717) is 17.0 Å². The van der Waals surface area contributed by atoms with Gasteiger partial charge in [0.1, 0.15) is 17.5 Å². The van der Waals surface area contributed by atoms with Crippen LogP contribution in [0.1, 0.15) is 23.0 Å². The van der Waals surface area contributed by atoms with Crippen LogP contribution in [0, 0.1) is 0 Å². The molecule has 7 nitrogen and oxygen atoms in total. The number of nitrogens with one attached hydrogen (secondary N) is 3. The summed E-state index contributed by atoms with van der Waals surface area (Å²) < 4.78 is 5.25. The Hall–Kier alpha value is -4.13. The van der Waals surface area contributed by atoms with Crippen molar-refractivity contribution in [1.29, 1.82) is 0 Å². The van der Waals surface area contributed by atoms with E-state index in [0.717, 1.165) is 0 Å². The molecule has 0 bridgehead atoms. The molecule has 0 aliphatic rings. The Labute approximate surface area is 173 Å². The largest absolute Gasteiger partial charge is 0.465 e. The van der Waals surface area contributed by atoms with Crippen molar-refractivity contribution in [1.82, 2.24) is 10.6 Å². The molecule has 1 unspecified atom stereocenters. The number of benzene rings is 2. The standard InChI is InChI=1S/C23H21N3O4/c1-16(21(27)25-18-11-6-3-7-12-18)24-23(29)20(15-19-13-8-14-30-19)26-22(28)17-9-4-2-5-10-17/h2-16H,1H3,(H,24,29)(H,25,27)(H,26,28). The first-order chi connectivity index (χ1) is 14.5. The first kappa shape index (κ1) is 20.6. The third-order valence-corrected chi connectivity index (χ3v) is 4.14. The predicted octanol–water partition coefficient (Wildman–Crippen LogP) is 3.19. The quantitative estimate of drug-likeness (QED) is 0.528. The van der Waals surface area contributed by atoms with Crippen LogP contribution in [0.3, 0.4) is 0 Å². The lowest BCUT2D eigenvalue weighted by Crippen LogP contribution is -2.44. The van der Waals surface area contributed by atoms with Crippen LogP contribution in [0.5, 0.6) is 0 Å². The molecule has 0 fully saturated rings. The molecule has 30 heavy (non-hydrogen) atoms. The highest BCUT2D eigenvalue weighted by Crippen LogP contribution is 2.09. The van der Waals surface area contributed by atoms with Crippen LogP contribution in [0.4, 0.5) is 5.69 Å². The molecule has 0 aliphatic carbocycles. The Morgan fingerprint density at radius 3 is 2.20 bits per heavy atom. The molecular formula is C23H21N3O4. The summed E-state index contributed by atoms with van der Waals surface area (Å²) in [6.07, 6.45) is 2.86. The molecule has 1 heterocycles. The van der Waals surface area contributed by atoms with Crippen molar-refractivity contribution in [2.45, 2.75) is 13.0 Å². The van der Waals surface area contributed by atoms with Gasteiger partial charge < -0.3 is 20.4 Å². The lowest BCUT2D eigenvalue weighted by molar-refractivity contribution is -0.124. The molecule has 3 aromatic rings. The Morgan fingerprint density at radius 1 is 0.900 bits per heavy atom. The maximum atomic E-state index is 12.8. The van der Waals surface area contributed by atoms with Crippen LogP contribution in [0.25, 0.3) is 6.08 Å². The summed E-state index contributed by atoms with van der Waals surface area (Å²) in [6, 6.07) is 19.9. The first-order valence-electron chi connectivity index (χ1n) is 9.31. The van der Waals surface area contributed by atoms with Crippen molar-refractivity contribution in [3.05, 3.63) is 96.1 Å². The number of hydrogen-bond donors (Lipinski definition) is 3. The third-order valence-electron chi connectivity index (χ3n) is 4.14. The molecule has 1 atom stereocenters. The van der Waals surface area contributed by atoms with E-state index >= 15 is 0 Å². The number of rotatable bonds is 7. The molecule has 3 N–H and O–H groups in total. The van der Waals surface area contributed by atoms with E-state index in [4.69, 9.17) is 4.42 Å². The van der Waals surface area contributed by atoms with E-state index in [-0.39, 0.29) is 11.6 Å². The molecule has 1 aromatic heterocycles. The fourth-order valence-electron chi connectivity index (χ4n) is 2.57. The van der Waals surface area contributed by atoms with Crippen molar-refractivity contribution >= 4 is 29.5 Å². The Kier molecular flexibility index (Phi) is 6.78. The van der Waals surface area contributed by atoms with Gasteiger partial charge in [-0.2, -0.15) is 0 Å². The molecular weight excluding hydrogens is 382 g/mol. The van der Waals surface area contributed by atoms with Crippen molar-refractivity contribution < 1.29 is 18.8 Å². The number of para-hydroxylation sites is 1. The highest BCUT2D eigenvalue weighted by molar-refractivity contribution is 6.07. The number of carbonyl (C=O) groups is 3. The average Bonchev–Trinajstić information content (AvgIpc) is 3.27. The minimum Gasteiger partial charge on any atom is -0.465 e. The van der Waals surface area contributed by atoms with Gasteiger partial charge in [0.25, 0.3) is 11.8 Å². The lowest BCUT2D eigenvalue weighted by Gasteiger charge is -2.16. The van der Waals surface area contributed by atoms with Crippen molar-refractivity contribution in [2.75, 3.05) is 5.32 Å². The van der Waals surface area contributed by atoms with Crippen LogP contribution < -0.4 is 16.0 Å². The van der Waals surface area contributed by atoms with Crippen LogP contribution >= 0.6 is 0 Å². The van der Waals surface area contributed by atoms with Gasteiger partial charge in [-0.05, 0) is 43.3 Å². The zero-order valence-corrected chi connectivity index (χ0v) is 16.3. The zero-order chi connectivity index (χ0) is 21.3. The second-order valence-electron chi connectivity index (χ2n) is 6.44. The Morgan fingerprint density at radius 2 is 1.57 bits per heavy atom. The molecule has 7 heteroatoms. The molecule has 0 spiro atoms. The molecule has 3 rings (SSSR count). The summed E-state index contributed by atoms with van der Waals surface area (Å²) in [4.78, 5) is 37.7. The van der Waals surface area contributed by atoms with Gasteiger partial charge in [0, 0.05) is 17.3 Å². The Bertz CT molecular complexity index is 1030. The van der Waals surface area contributed by atoms with Crippen molar-refractivity contribution in [2.24, 2.45) is 0 Å². The minimum atomic E-state index is -0.841. The van der Waals surface area contributed by atoms with Gasteiger partial charge in [0.2, 0.25) is 5.91 Å². The molecule has 0 saturated heterocycles. The highest BCUT2D eigenvalue weighted by Gasteiger charge is 2.20.